The Labute approximate surface area is 213 Å². The van der Waals surface area contributed by atoms with Crippen LogP contribution in [0.25, 0.3) is 0 Å². The van der Waals surface area contributed by atoms with Crippen LogP contribution in [0.3, 0.4) is 0 Å². The van der Waals surface area contributed by atoms with Gasteiger partial charge in [0, 0.05) is 22.6 Å². The predicted molar refractivity (Wildman–Crippen MR) is 141 cm³/mol. The van der Waals surface area contributed by atoms with E-state index < -0.39 is 12.1 Å². The number of rotatable bonds is 12. The molecular weight excluding hydrogens is 462 g/mol. The highest BCUT2D eigenvalue weighted by Gasteiger charge is 2.24. The number of amides is 1. The van der Waals surface area contributed by atoms with Crippen LogP contribution in [0.15, 0.2) is 24.3 Å². The Kier molecular flexibility index (Phi) is 10.3. The number of carboxylic acids is 1. The molecule has 0 aliphatic rings. The minimum Gasteiger partial charge on any atom is -0.491 e. The van der Waals surface area contributed by atoms with Crippen LogP contribution >= 0.6 is 11.3 Å². The summed E-state index contributed by atoms with van der Waals surface area (Å²) in [6.45, 7) is 13.9. The number of thiophene rings is 1. The van der Waals surface area contributed by atoms with Crippen molar-refractivity contribution in [1.29, 1.82) is 0 Å². The van der Waals surface area contributed by atoms with Gasteiger partial charge in [-0.05, 0) is 54.5 Å². The third-order valence-corrected chi connectivity index (χ3v) is 7.67. The van der Waals surface area contributed by atoms with Crippen LogP contribution in [0.5, 0.6) is 5.75 Å². The molecule has 1 aromatic carbocycles. The van der Waals surface area contributed by atoms with Gasteiger partial charge in [0.25, 0.3) is 0 Å². The van der Waals surface area contributed by atoms with Crippen LogP contribution in [-0.4, -0.2) is 46.2 Å². The van der Waals surface area contributed by atoms with E-state index in [9.17, 15) is 14.7 Å². The number of carbonyl (C=O) groups is 2. The predicted octanol–water partition coefficient (Wildman–Crippen LogP) is 5.91. The van der Waals surface area contributed by atoms with Gasteiger partial charge in [-0.3, -0.25) is 9.59 Å². The molecule has 0 aliphatic heterocycles. The Morgan fingerprint density at radius 2 is 1.83 bits per heavy atom. The Bertz CT molecular complexity index is 1010. The standard InChI is InChI=1S/C28H41NO5S/c1-8-9-10-22(21-11-12-23(18(2)13-21)34-17-26(31)28(5,6)7)24-14-19(3)25(35-24)15-29(20(4)30)16-27(32)33/h11-14,22,26,31H,8-10,15-17H2,1-7H3,(H,32,33). The molecule has 2 unspecified atom stereocenters. The van der Waals surface area contributed by atoms with Crippen LogP contribution < -0.4 is 4.74 Å². The molecule has 2 rings (SSSR count). The van der Waals surface area contributed by atoms with E-state index in [1.807, 2.05) is 40.7 Å². The van der Waals surface area contributed by atoms with E-state index in [2.05, 4.69) is 25.1 Å². The van der Waals surface area contributed by atoms with E-state index in [0.29, 0.717) is 6.54 Å². The summed E-state index contributed by atoms with van der Waals surface area (Å²) in [4.78, 5) is 26.8. The van der Waals surface area contributed by atoms with Crippen molar-refractivity contribution >= 4 is 23.2 Å². The van der Waals surface area contributed by atoms with Crippen molar-refractivity contribution < 1.29 is 24.5 Å². The van der Waals surface area contributed by atoms with Gasteiger partial charge in [-0.2, -0.15) is 0 Å². The summed E-state index contributed by atoms with van der Waals surface area (Å²) >= 11 is 1.66. The first kappa shape index (κ1) is 28.9. The maximum atomic E-state index is 12.0. The molecule has 1 aromatic heterocycles. The third-order valence-electron chi connectivity index (χ3n) is 6.33. The van der Waals surface area contributed by atoms with Gasteiger partial charge in [-0.15, -0.1) is 11.3 Å². The van der Waals surface area contributed by atoms with Gasteiger partial charge in [0.15, 0.2) is 0 Å². The fourth-order valence-corrected chi connectivity index (χ4v) is 5.20. The summed E-state index contributed by atoms with van der Waals surface area (Å²) in [6, 6.07) is 8.44. The van der Waals surface area contributed by atoms with Crippen molar-refractivity contribution in [3.8, 4) is 5.75 Å². The Hall–Kier alpha value is -2.38. The van der Waals surface area contributed by atoms with Gasteiger partial charge in [0.1, 0.15) is 18.9 Å². The molecule has 194 valence electrons. The number of nitrogens with zero attached hydrogens (tertiary/aromatic N) is 1. The molecule has 1 amide bonds. The second kappa shape index (κ2) is 12.5. The van der Waals surface area contributed by atoms with Gasteiger partial charge in [0.2, 0.25) is 5.91 Å². The molecule has 0 bridgehead atoms. The van der Waals surface area contributed by atoms with Gasteiger partial charge < -0.3 is 19.8 Å². The third kappa shape index (κ3) is 8.36. The van der Waals surface area contributed by atoms with Crippen LogP contribution in [0.1, 0.15) is 86.2 Å². The zero-order valence-electron chi connectivity index (χ0n) is 22.2. The molecule has 0 saturated heterocycles. The Balaban J connectivity index is 2.29. The second-order valence-electron chi connectivity index (χ2n) is 10.4. The largest absolute Gasteiger partial charge is 0.491 e. The fourth-order valence-electron chi connectivity index (χ4n) is 3.84. The Morgan fingerprint density at radius 1 is 1.14 bits per heavy atom. The van der Waals surface area contributed by atoms with E-state index >= 15 is 0 Å². The number of unbranched alkanes of at least 4 members (excludes halogenated alkanes) is 1. The van der Waals surface area contributed by atoms with Crippen molar-refractivity contribution in [1.82, 2.24) is 4.90 Å². The number of carbonyl (C=O) groups excluding carboxylic acids is 1. The van der Waals surface area contributed by atoms with E-state index in [1.54, 1.807) is 11.3 Å². The number of hydrogen-bond acceptors (Lipinski definition) is 5. The van der Waals surface area contributed by atoms with Gasteiger partial charge >= 0.3 is 5.97 Å². The van der Waals surface area contributed by atoms with E-state index in [0.717, 1.165) is 41.0 Å². The van der Waals surface area contributed by atoms with E-state index in [1.165, 1.54) is 22.3 Å². The minimum atomic E-state index is -1.01. The second-order valence-corrected chi connectivity index (χ2v) is 11.6. The smallest absolute Gasteiger partial charge is 0.323 e. The minimum absolute atomic E-state index is 0.213. The maximum absolute atomic E-state index is 12.0. The lowest BCUT2D eigenvalue weighted by Gasteiger charge is -2.26. The SMILES string of the molecule is CCCCC(c1ccc(OCC(O)C(C)(C)C)c(C)c1)c1cc(C)c(CN(CC(=O)O)C(C)=O)s1. The molecular formula is C28H41NO5S. The average molecular weight is 504 g/mol. The lowest BCUT2D eigenvalue weighted by molar-refractivity contribution is -0.144. The van der Waals surface area contributed by atoms with Gasteiger partial charge in [0.05, 0.1) is 12.6 Å². The highest BCUT2D eigenvalue weighted by molar-refractivity contribution is 7.12. The maximum Gasteiger partial charge on any atom is 0.323 e. The summed E-state index contributed by atoms with van der Waals surface area (Å²) in [6.07, 6.45) is 2.63. The molecule has 0 radical (unpaired) electrons. The molecule has 0 spiro atoms. The normalized spacial score (nSPS) is 13.4. The van der Waals surface area contributed by atoms with E-state index in [-0.39, 0.29) is 30.4 Å². The first-order valence-corrected chi connectivity index (χ1v) is 13.1. The van der Waals surface area contributed by atoms with Gasteiger partial charge in [-0.1, -0.05) is 52.7 Å². The number of aliphatic carboxylic acids is 1. The zero-order valence-corrected chi connectivity index (χ0v) is 23.0. The number of aryl methyl sites for hydroxylation is 2. The molecule has 0 saturated carbocycles. The molecule has 2 N–H and O–H groups in total. The number of benzene rings is 1. The molecule has 7 heteroatoms. The molecule has 2 atom stereocenters. The fraction of sp³-hybridized carbons (Fsp3) is 0.571. The average Bonchev–Trinajstić information content (AvgIpc) is 3.11. The van der Waals surface area contributed by atoms with Crippen molar-refractivity contribution in [3.63, 3.8) is 0 Å². The summed E-state index contributed by atoms with van der Waals surface area (Å²) < 4.78 is 5.93. The van der Waals surface area contributed by atoms with Crippen molar-refractivity contribution in [2.45, 2.75) is 86.3 Å². The quantitative estimate of drug-likeness (QED) is 0.376. The monoisotopic (exact) mass is 503 g/mol. The van der Waals surface area contributed by atoms with E-state index in [4.69, 9.17) is 9.84 Å². The number of aliphatic hydroxyl groups excluding tert-OH is 1. The summed E-state index contributed by atoms with van der Waals surface area (Å²) in [5.74, 6) is -0.263. The van der Waals surface area contributed by atoms with Gasteiger partial charge in [-0.25, -0.2) is 0 Å². The molecule has 6 nitrogen and oxygen atoms in total. The highest BCUT2D eigenvalue weighted by atomic mass is 32.1. The van der Waals surface area contributed by atoms with Crippen LogP contribution in [0.4, 0.5) is 0 Å². The summed E-state index contributed by atoms with van der Waals surface area (Å²) in [7, 11) is 0. The van der Waals surface area contributed by atoms with Crippen LogP contribution in [-0.2, 0) is 16.1 Å². The number of hydrogen-bond donors (Lipinski definition) is 2. The Morgan fingerprint density at radius 3 is 2.37 bits per heavy atom. The summed E-state index contributed by atoms with van der Waals surface area (Å²) in [5.41, 5.74) is 3.08. The lowest BCUT2D eigenvalue weighted by Crippen LogP contribution is -2.33. The van der Waals surface area contributed by atoms with Crippen LogP contribution in [0.2, 0.25) is 0 Å². The first-order chi connectivity index (χ1) is 16.3. The number of carboxylic acid groups (broad SMARTS) is 1. The molecule has 1 heterocycles. The number of aliphatic hydroxyl groups is 1. The first-order valence-electron chi connectivity index (χ1n) is 12.3. The molecule has 0 fully saturated rings. The van der Waals surface area contributed by atoms with Crippen molar-refractivity contribution in [3.05, 3.63) is 50.7 Å². The zero-order chi connectivity index (χ0) is 26.3. The summed E-state index contributed by atoms with van der Waals surface area (Å²) in [5, 5.41) is 19.5. The highest BCUT2D eigenvalue weighted by Crippen LogP contribution is 2.38. The lowest BCUT2D eigenvalue weighted by atomic mass is 9.89. The van der Waals surface area contributed by atoms with Crippen molar-refractivity contribution in [2.24, 2.45) is 5.41 Å². The van der Waals surface area contributed by atoms with Crippen molar-refractivity contribution in [2.75, 3.05) is 13.2 Å². The molecule has 2 aromatic rings. The topological polar surface area (TPSA) is 87.1 Å². The van der Waals surface area contributed by atoms with Crippen LogP contribution in [0, 0.1) is 19.3 Å². The molecule has 35 heavy (non-hydrogen) atoms. The molecule has 0 aliphatic carbocycles. The number of ether oxygens (including phenoxy) is 1.